The number of fused-ring (bicyclic) bond motifs is 1. The second-order valence-electron chi connectivity index (χ2n) is 6.74. The Morgan fingerprint density at radius 2 is 2.21 bits per heavy atom. The number of nitrogens with one attached hydrogen (secondary N) is 1. The number of carbonyl (C=O) groups is 1. The van der Waals surface area contributed by atoms with E-state index in [-0.39, 0.29) is 5.91 Å². The van der Waals surface area contributed by atoms with E-state index in [2.05, 4.69) is 15.2 Å². The molecule has 5 nitrogen and oxygen atoms in total. The summed E-state index contributed by atoms with van der Waals surface area (Å²) in [7, 11) is 0. The van der Waals surface area contributed by atoms with E-state index in [0.29, 0.717) is 12.0 Å². The maximum atomic E-state index is 12.4. The highest BCUT2D eigenvalue weighted by atomic mass is 32.1. The van der Waals surface area contributed by atoms with Gasteiger partial charge in [-0.25, -0.2) is 4.98 Å². The van der Waals surface area contributed by atoms with Crippen LogP contribution in [0.5, 0.6) is 0 Å². The molecule has 0 radical (unpaired) electrons. The molecule has 2 aliphatic heterocycles. The molecule has 2 fully saturated rings. The Balaban J connectivity index is 1.26. The van der Waals surface area contributed by atoms with Crippen LogP contribution in [0.15, 0.2) is 23.7 Å². The first-order chi connectivity index (χ1) is 11.8. The molecular formula is C18H23N3O2S. The average molecular weight is 345 g/mol. The van der Waals surface area contributed by atoms with Crippen molar-refractivity contribution in [1.82, 2.24) is 15.2 Å². The molecule has 1 aromatic carbocycles. The van der Waals surface area contributed by atoms with Gasteiger partial charge < -0.3 is 10.1 Å². The normalized spacial score (nSPS) is 22.9. The zero-order valence-electron chi connectivity index (χ0n) is 13.7. The van der Waals surface area contributed by atoms with Gasteiger partial charge in [0.25, 0.3) is 5.91 Å². The van der Waals surface area contributed by atoms with E-state index in [0.717, 1.165) is 61.5 Å². The van der Waals surface area contributed by atoms with Crippen LogP contribution >= 0.6 is 11.3 Å². The molecule has 6 heteroatoms. The number of aromatic nitrogens is 1. The molecule has 3 heterocycles. The van der Waals surface area contributed by atoms with Gasteiger partial charge in [0.1, 0.15) is 0 Å². The van der Waals surface area contributed by atoms with Crippen molar-refractivity contribution in [2.45, 2.75) is 25.3 Å². The summed E-state index contributed by atoms with van der Waals surface area (Å²) < 4.78 is 6.55. The van der Waals surface area contributed by atoms with Crippen molar-refractivity contribution in [3.8, 4) is 0 Å². The number of rotatable bonds is 4. The third-order valence-corrected chi connectivity index (χ3v) is 6.01. The van der Waals surface area contributed by atoms with Gasteiger partial charge in [-0.2, -0.15) is 0 Å². The van der Waals surface area contributed by atoms with Crippen molar-refractivity contribution < 1.29 is 9.53 Å². The molecular weight excluding hydrogens is 322 g/mol. The van der Waals surface area contributed by atoms with Crippen LogP contribution in [0.2, 0.25) is 0 Å². The van der Waals surface area contributed by atoms with E-state index in [1.54, 1.807) is 11.3 Å². The standard InChI is InChI=1S/C18H23N3O2S/c22-18(14-1-2-16-17(9-14)24-12-20-16)19-10-13-3-6-21(7-4-13)15-5-8-23-11-15/h1-2,9,12-13,15H,3-8,10-11H2,(H,19,22)/t15-/m0/s1. The van der Waals surface area contributed by atoms with E-state index in [9.17, 15) is 4.79 Å². The van der Waals surface area contributed by atoms with Gasteiger partial charge in [-0.1, -0.05) is 0 Å². The first kappa shape index (κ1) is 16.0. The van der Waals surface area contributed by atoms with Crippen molar-refractivity contribution in [2.24, 2.45) is 5.92 Å². The van der Waals surface area contributed by atoms with Crippen LogP contribution < -0.4 is 5.32 Å². The van der Waals surface area contributed by atoms with Gasteiger partial charge in [0, 0.05) is 24.8 Å². The van der Waals surface area contributed by atoms with Gasteiger partial charge in [0.15, 0.2) is 0 Å². The Hall–Kier alpha value is -1.50. The lowest BCUT2D eigenvalue weighted by molar-refractivity contribution is 0.0911. The Bertz CT molecular complexity index is 703. The molecule has 24 heavy (non-hydrogen) atoms. The second-order valence-corrected chi connectivity index (χ2v) is 7.63. The number of nitrogens with zero attached hydrogens (tertiary/aromatic N) is 2. The average Bonchev–Trinajstić information content (AvgIpc) is 3.30. The molecule has 0 unspecified atom stereocenters. The zero-order valence-corrected chi connectivity index (χ0v) is 14.6. The van der Waals surface area contributed by atoms with Gasteiger partial charge in [0.2, 0.25) is 0 Å². The third kappa shape index (κ3) is 3.45. The van der Waals surface area contributed by atoms with Crippen LogP contribution in [0.4, 0.5) is 0 Å². The minimum absolute atomic E-state index is 0.0249. The van der Waals surface area contributed by atoms with E-state index in [4.69, 9.17) is 4.74 Å². The Morgan fingerprint density at radius 3 is 3.00 bits per heavy atom. The maximum absolute atomic E-state index is 12.4. The number of ether oxygens (including phenoxy) is 1. The number of hydrogen-bond acceptors (Lipinski definition) is 5. The summed E-state index contributed by atoms with van der Waals surface area (Å²) >= 11 is 1.57. The lowest BCUT2D eigenvalue weighted by Crippen LogP contribution is -2.43. The van der Waals surface area contributed by atoms with Crippen molar-refractivity contribution in [3.63, 3.8) is 0 Å². The fourth-order valence-electron chi connectivity index (χ4n) is 3.67. The third-order valence-electron chi connectivity index (χ3n) is 5.22. The summed E-state index contributed by atoms with van der Waals surface area (Å²) in [5.74, 6) is 0.608. The molecule has 128 valence electrons. The Labute approximate surface area is 146 Å². The fraction of sp³-hybridized carbons (Fsp3) is 0.556. The van der Waals surface area contributed by atoms with Crippen LogP contribution in [0.25, 0.3) is 10.2 Å². The summed E-state index contributed by atoms with van der Waals surface area (Å²) in [6, 6.07) is 6.33. The molecule has 0 bridgehead atoms. The molecule has 4 rings (SSSR count). The van der Waals surface area contributed by atoms with Crippen LogP contribution in [0.3, 0.4) is 0 Å². The number of hydrogen-bond donors (Lipinski definition) is 1. The quantitative estimate of drug-likeness (QED) is 0.925. The number of carbonyl (C=O) groups excluding carboxylic acids is 1. The Kier molecular flexibility index (Phi) is 4.78. The van der Waals surface area contributed by atoms with Crippen molar-refractivity contribution in [2.75, 3.05) is 32.8 Å². The van der Waals surface area contributed by atoms with Crippen molar-refractivity contribution in [3.05, 3.63) is 29.3 Å². The van der Waals surface area contributed by atoms with Gasteiger partial charge >= 0.3 is 0 Å². The summed E-state index contributed by atoms with van der Waals surface area (Å²) in [5.41, 5.74) is 3.50. The number of benzene rings is 1. The number of likely N-dealkylation sites (tertiary alicyclic amines) is 1. The first-order valence-electron chi connectivity index (χ1n) is 8.73. The predicted molar refractivity (Wildman–Crippen MR) is 95.5 cm³/mol. The molecule has 2 saturated heterocycles. The molecule has 2 aliphatic rings. The predicted octanol–water partition coefficient (Wildman–Crippen LogP) is 2.53. The molecule has 0 saturated carbocycles. The first-order valence-corrected chi connectivity index (χ1v) is 9.61. The van der Waals surface area contributed by atoms with Crippen LogP contribution in [0.1, 0.15) is 29.6 Å². The lowest BCUT2D eigenvalue weighted by atomic mass is 9.95. The number of thiazole rings is 1. The number of piperidine rings is 1. The largest absolute Gasteiger partial charge is 0.380 e. The molecule has 1 amide bonds. The highest BCUT2D eigenvalue weighted by Crippen LogP contribution is 2.22. The van der Waals surface area contributed by atoms with Gasteiger partial charge in [-0.15, -0.1) is 11.3 Å². The fourth-order valence-corrected chi connectivity index (χ4v) is 4.38. The number of amides is 1. The zero-order chi connectivity index (χ0) is 16.4. The monoisotopic (exact) mass is 345 g/mol. The Morgan fingerprint density at radius 1 is 1.33 bits per heavy atom. The SMILES string of the molecule is O=C(NCC1CCN([C@H]2CCOC2)CC1)c1ccc2ncsc2c1. The van der Waals surface area contributed by atoms with E-state index in [1.165, 1.54) is 6.42 Å². The van der Waals surface area contributed by atoms with Crippen LogP contribution in [0, 0.1) is 5.92 Å². The smallest absolute Gasteiger partial charge is 0.251 e. The maximum Gasteiger partial charge on any atom is 0.251 e. The molecule has 2 aromatic rings. The topological polar surface area (TPSA) is 54.5 Å². The highest BCUT2D eigenvalue weighted by molar-refractivity contribution is 7.16. The highest BCUT2D eigenvalue weighted by Gasteiger charge is 2.27. The van der Waals surface area contributed by atoms with Gasteiger partial charge in [-0.05, 0) is 56.5 Å². The molecule has 1 N–H and O–H groups in total. The second kappa shape index (κ2) is 7.17. The van der Waals surface area contributed by atoms with Crippen molar-refractivity contribution >= 4 is 27.5 Å². The summed E-state index contributed by atoms with van der Waals surface area (Å²) in [4.78, 5) is 19.2. The summed E-state index contributed by atoms with van der Waals surface area (Å²) in [5, 5.41) is 3.11. The lowest BCUT2D eigenvalue weighted by Gasteiger charge is -2.35. The van der Waals surface area contributed by atoms with E-state index in [1.807, 2.05) is 23.7 Å². The minimum Gasteiger partial charge on any atom is -0.380 e. The molecule has 1 atom stereocenters. The van der Waals surface area contributed by atoms with Crippen molar-refractivity contribution in [1.29, 1.82) is 0 Å². The molecule has 0 spiro atoms. The van der Waals surface area contributed by atoms with Gasteiger partial charge in [0.05, 0.1) is 22.3 Å². The van der Waals surface area contributed by atoms with Gasteiger partial charge in [-0.3, -0.25) is 9.69 Å². The minimum atomic E-state index is 0.0249. The van der Waals surface area contributed by atoms with E-state index < -0.39 is 0 Å². The van der Waals surface area contributed by atoms with E-state index >= 15 is 0 Å². The summed E-state index contributed by atoms with van der Waals surface area (Å²) in [6.45, 7) is 4.82. The summed E-state index contributed by atoms with van der Waals surface area (Å²) in [6.07, 6.45) is 3.48. The molecule has 0 aliphatic carbocycles. The van der Waals surface area contributed by atoms with Crippen LogP contribution in [-0.4, -0.2) is 54.7 Å². The molecule has 1 aromatic heterocycles. The van der Waals surface area contributed by atoms with Crippen LogP contribution in [-0.2, 0) is 4.74 Å².